The highest BCUT2D eigenvalue weighted by Crippen LogP contribution is 2.62. The van der Waals surface area contributed by atoms with Gasteiger partial charge in [-0.3, -0.25) is 4.79 Å². The van der Waals surface area contributed by atoms with Crippen LogP contribution in [-0.2, 0) is 4.79 Å². The largest absolute Gasteiger partial charge is 0.352 e. The minimum Gasteiger partial charge on any atom is -0.352 e. The van der Waals surface area contributed by atoms with Crippen LogP contribution in [0.15, 0.2) is 0 Å². The Bertz CT molecular complexity index is 319. The fraction of sp³-hybridized carbons (Fsp3) is 0.929. The molecule has 0 aromatic rings. The summed E-state index contributed by atoms with van der Waals surface area (Å²) in [4.78, 5) is 11.9. The summed E-state index contributed by atoms with van der Waals surface area (Å²) in [5.41, 5.74) is 6.23. The van der Waals surface area contributed by atoms with E-state index in [4.69, 9.17) is 5.73 Å². The van der Waals surface area contributed by atoms with E-state index in [-0.39, 0.29) is 17.4 Å². The van der Waals surface area contributed by atoms with Crippen molar-refractivity contribution in [2.45, 2.75) is 65.5 Å². The van der Waals surface area contributed by atoms with Gasteiger partial charge in [-0.25, -0.2) is 0 Å². The summed E-state index contributed by atoms with van der Waals surface area (Å²) in [6.45, 7) is 8.82. The average Bonchev–Trinajstić information content (AvgIpc) is 2.63. The molecule has 2 saturated carbocycles. The SMILES string of the molecule is CC(N)CC(=O)NC1C2(C)CCC(C2)C1(C)C. The molecule has 2 aliphatic rings. The lowest BCUT2D eigenvalue weighted by Crippen LogP contribution is -2.52. The van der Waals surface area contributed by atoms with Crippen molar-refractivity contribution in [1.29, 1.82) is 0 Å². The Hall–Kier alpha value is -0.570. The number of rotatable bonds is 3. The Morgan fingerprint density at radius 2 is 2.12 bits per heavy atom. The van der Waals surface area contributed by atoms with Gasteiger partial charge in [0.25, 0.3) is 0 Å². The van der Waals surface area contributed by atoms with E-state index in [1.807, 2.05) is 6.92 Å². The second-order valence-electron chi connectivity index (χ2n) is 7.10. The maximum absolute atomic E-state index is 11.9. The van der Waals surface area contributed by atoms with Gasteiger partial charge in [0.05, 0.1) is 0 Å². The van der Waals surface area contributed by atoms with Gasteiger partial charge in [-0.2, -0.15) is 0 Å². The maximum Gasteiger partial charge on any atom is 0.221 e. The van der Waals surface area contributed by atoms with Crippen LogP contribution < -0.4 is 11.1 Å². The highest BCUT2D eigenvalue weighted by molar-refractivity contribution is 5.77. The van der Waals surface area contributed by atoms with Gasteiger partial charge in [0.15, 0.2) is 0 Å². The van der Waals surface area contributed by atoms with Gasteiger partial charge in [0.1, 0.15) is 0 Å². The zero-order valence-corrected chi connectivity index (χ0v) is 11.5. The maximum atomic E-state index is 11.9. The average molecular weight is 238 g/mol. The van der Waals surface area contributed by atoms with Crippen LogP contribution in [-0.4, -0.2) is 18.0 Å². The third-order valence-electron chi connectivity index (χ3n) is 5.08. The summed E-state index contributed by atoms with van der Waals surface area (Å²) >= 11 is 0. The summed E-state index contributed by atoms with van der Waals surface area (Å²) in [6.07, 6.45) is 4.28. The van der Waals surface area contributed by atoms with Crippen LogP contribution in [0.2, 0.25) is 0 Å². The molecule has 0 spiro atoms. The van der Waals surface area contributed by atoms with Crippen LogP contribution in [0.25, 0.3) is 0 Å². The van der Waals surface area contributed by atoms with Crippen LogP contribution in [0.4, 0.5) is 0 Å². The molecule has 0 radical (unpaired) electrons. The van der Waals surface area contributed by atoms with E-state index in [1.54, 1.807) is 0 Å². The second-order valence-corrected chi connectivity index (χ2v) is 7.10. The summed E-state index contributed by atoms with van der Waals surface area (Å²) < 4.78 is 0. The van der Waals surface area contributed by atoms with Crippen LogP contribution in [0.3, 0.4) is 0 Å². The van der Waals surface area contributed by atoms with Crippen LogP contribution in [0, 0.1) is 16.7 Å². The van der Waals surface area contributed by atoms with Crippen molar-refractivity contribution >= 4 is 5.91 Å². The van der Waals surface area contributed by atoms with E-state index < -0.39 is 0 Å². The van der Waals surface area contributed by atoms with E-state index in [1.165, 1.54) is 19.3 Å². The third kappa shape index (κ3) is 2.10. The van der Waals surface area contributed by atoms with Crippen molar-refractivity contribution in [3.63, 3.8) is 0 Å². The fourth-order valence-corrected chi connectivity index (χ4v) is 4.17. The molecule has 4 atom stereocenters. The Labute approximate surface area is 105 Å². The van der Waals surface area contributed by atoms with Gasteiger partial charge < -0.3 is 11.1 Å². The highest BCUT2D eigenvalue weighted by Gasteiger charge is 2.59. The predicted octanol–water partition coefficient (Wildman–Crippen LogP) is 2.05. The molecule has 17 heavy (non-hydrogen) atoms. The van der Waals surface area contributed by atoms with Crippen molar-refractivity contribution in [1.82, 2.24) is 5.32 Å². The molecule has 4 unspecified atom stereocenters. The molecule has 0 saturated heterocycles. The lowest BCUT2D eigenvalue weighted by Gasteiger charge is -2.43. The van der Waals surface area contributed by atoms with Crippen molar-refractivity contribution < 1.29 is 4.79 Å². The molecule has 0 aliphatic heterocycles. The molecule has 2 fully saturated rings. The van der Waals surface area contributed by atoms with Gasteiger partial charge in [0.2, 0.25) is 5.91 Å². The summed E-state index contributed by atoms with van der Waals surface area (Å²) in [6, 6.07) is 0.268. The molecule has 3 N–H and O–H groups in total. The van der Waals surface area contributed by atoms with Gasteiger partial charge >= 0.3 is 0 Å². The van der Waals surface area contributed by atoms with Crippen molar-refractivity contribution in [2.24, 2.45) is 22.5 Å². The number of nitrogens with one attached hydrogen (secondary N) is 1. The highest BCUT2D eigenvalue weighted by atomic mass is 16.1. The number of carbonyl (C=O) groups excluding carboxylic acids is 1. The Balaban J connectivity index is 2.07. The van der Waals surface area contributed by atoms with E-state index in [9.17, 15) is 4.79 Å². The monoisotopic (exact) mass is 238 g/mol. The van der Waals surface area contributed by atoms with Crippen molar-refractivity contribution in [3.05, 3.63) is 0 Å². The van der Waals surface area contributed by atoms with E-state index in [2.05, 4.69) is 26.1 Å². The summed E-state index contributed by atoms with van der Waals surface area (Å²) in [5.74, 6) is 0.889. The standard InChI is InChI=1S/C14H26N2O/c1-9(15)7-11(17)16-12-13(2,3)10-5-6-14(12,4)8-10/h9-10,12H,5-8,15H2,1-4H3,(H,16,17). The number of hydrogen-bond donors (Lipinski definition) is 2. The van der Waals surface area contributed by atoms with Crippen molar-refractivity contribution in [2.75, 3.05) is 0 Å². The Morgan fingerprint density at radius 3 is 2.59 bits per heavy atom. The van der Waals surface area contributed by atoms with Crippen LogP contribution in [0.5, 0.6) is 0 Å². The summed E-state index contributed by atoms with van der Waals surface area (Å²) in [5, 5.41) is 3.25. The minimum atomic E-state index is -0.0514. The molecule has 0 aromatic heterocycles. The van der Waals surface area contributed by atoms with Gasteiger partial charge in [-0.05, 0) is 42.9 Å². The van der Waals surface area contributed by atoms with Gasteiger partial charge in [-0.1, -0.05) is 20.8 Å². The predicted molar refractivity (Wildman–Crippen MR) is 69.4 cm³/mol. The number of hydrogen-bond acceptors (Lipinski definition) is 2. The first-order chi connectivity index (χ1) is 7.75. The zero-order valence-electron chi connectivity index (χ0n) is 11.5. The van der Waals surface area contributed by atoms with Gasteiger partial charge in [-0.15, -0.1) is 0 Å². The molecular formula is C14H26N2O. The minimum absolute atomic E-state index is 0.0514. The van der Waals surface area contributed by atoms with Crippen LogP contribution in [0.1, 0.15) is 53.4 Å². The fourth-order valence-electron chi connectivity index (χ4n) is 4.17. The van der Waals surface area contributed by atoms with E-state index in [0.717, 1.165) is 5.92 Å². The zero-order chi connectivity index (χ0) is 12.8. The Morgan fingerprint density at radius 1 is 1.47 bits per heavy atom. The topological polar surface area (TPSA) is 55.1 Å². The number of carbonyl (C=O) groups is 1. The van der Waals surface area contributed by atoms with E-state index >= 15 is 0 Å². The smallest absolute Gasteiger partial charge is 0.221 e. The van der Waals surface area contributed by atoms with Gasteiger partial charge in [0, 0.05) is 18.5 Å². The molecule has 3 nitrogen and oxygen atoms in total. The van der Waals surface area contributed by atoms with Crippen LogP contribution >= 0.6 is 0 Å². The van der Waals surface area contributed by atoms with E-state index in [0.29, 0.717) is 17.9 Å². The second kappa shape index (κ2) is 3.98. The molecule has 0 heterocycles. The molecule has 2 bridgehead atoms. The molecule has 98 valence electrons. The molecule has 1 amide bonds. The molecule has 0 aromatic carbocycles. The normalized spacial score (nSPS) is 40.3. The van der Waals surface area contributed by atoms with Crippen molar-refractivity contribution in [3.8, 4) is 0 Å². The Kier molecular flexibility index (Phi) is 3.01. The molecule has 3 heteroatoms. The third-order valence-corrected chi connectivity index (χ3v) is 5.08. The molecular weight excluding hydrogens is 212 g/mol. The quantitative estimate of drug-likeness (QED) is 0.790. The summed E-state index contributed by atoms with van der Waals surface area (Å²) in [7, 11) is 0. The lowest BCUT2D eigenvalue weighted by atomic mass is 9.68. The number of fused-ring (bicyclic) bond motifs is 2. The number of amides is 1. The number of nitrogens with two attached hydrogens (primary N) is 1. The lowest BCUT2D eigenvalue weighted by molar-refractivity contribution is -0.124. The molecule has 2 rings (SSSR count). The first-order valence-corrected chi connectivity index (χ1v) is 6.80. The molecule has 2 aliphatic carbocycles. The first kappa shape index (κ1) is 12.9. The first-order valence-electron chi connectivity index (χ1n) is 6.80.